The van der Waals surface area contributed by atoms with Crippen LogP contribution in [-0.2, 0) is 0 Å². The molecule has 0 radical (unpaired) electrons. The van der Waals surface area contributed by atoms with Crippen LogP contribution in [0.3, 0.4) is 0 Å². The minimum absolute atomic E-state index is 0.312. The lowest BCUT2D eigenvalue weighted by Gasteiger charge is -2.28. The maximum Gasteiger partial charge on any atom is 0.147 e. The smallest absolute Gasteiger partial charge is 0.147 e. The van der Waals surface area contributed by atoms with Gasteiger partial charge in [-0.15, -0.1) is 0 Å². The molecule has 0 amide bonds. The van der Waals surface area contributed by atoms with E-state index in [4.69, 9.17) is 0 Å². The van der Waals surface area contributed by atoms with Gasteiger partial charge < -0.3 is 10.0 Å². The van der Waals surface area contributed by atoms with E-state index in [2.05, 4.69) is 0 Å². The molecule has 2 nitrogen and oxygen atoms in total. The zero-order valence-corrected chi connectivity index (χ0v) is 12.1. The van der Waals surface area contributed by atoms with Gasteiger partial charge in [0.25, 0.3) is 0 Å². The predicted molar refractivity (Wildman–Crippen MR) is 80.9 cm³/mol. The number of para-hydroxylation sites is 2. The van der Waals surface area contributed by atoms with E-state index in [-0.39, 0.29) is 5.82 Å². The van der Waals surface area contributed by atoms with E-state index in [0.717, 1.165) is 11.3 Å². The van der Waals surface area contributed by atoms with Crippen molar-refractivity contribution in [3.63, 3.8) is 0 Å². The van der Waals surface area contributed by atoms with Crippen molar-refractivity contribution in [1.29, 1.82) is 0 Å². The molecule has 1 atom stereocenters. The van der Waals surface area contributed by atoms with Crippen LogP contribution in [0.5, 0.6) is 0 Å². The van der Waals surface area contributed by atoms with Crippen LogP contribution >= 0.6 is 0 Å². The minimum atomic E-state index is -0.709. The van der Waals surface area contributed by atoms with Gasteiger partial charge in [-0.05, 0) is 38.5 Å². The van der Waals surface area contributed by atoms with Gasteiger partial charge in [-0.2, -0.15) is 0 Å². The summed E-state index contributed by atoms with van der Waals surface area (Å²) in [5.74, 6) is -0.312. The highest BCUT2D eigenvalue weighted by molar-refractivity contribution is 5.69. The molecule has 2 aromatic carbocycles. The normalized spacial score (nSPS) is 12.2. The molecule has 0 aliphatic rings. The van der Waals surface area contributed by atoms with Crippen molar-refractivity contribution >= 4 is 11.4 Å². The lowest BCUT2D eigenvalue weighted by Crippen LogP contribution is -2.20. The largest absolute Gasteiger partial charge is 0.389 e. The number of nitrogens with zero attached hydrogens (tertiary/aromatic N) is 1. The third-order valence-electron chi connectivity index (χ3n) is 3.46. The summed E-state index contributed by atoms with van der Waals surface area (Å²) in [7, 11) is 0. The fourth-order valence-electron chi connectivity index (χ4n) is 2.47. The van der Waals surface area contributed by atoms with Gasteiger partial charge in [-0.25, -0.2) is 4.39 Å². The Labute approximate surface area is 119 Å². The molecule has 20 heavy (non-hydrogen) atoms. The Bertz CT molecular complexity index is 595. The van der Waals surface area contributed by atoms with Gasteiger partial charge >= 0.3 is 0 Å². The van der Waals surface area contributed by atoms with E-state index in [1.807, 2.05) is 43.0 Å². The molecule has 0 saturated heterocycles. The van der Waals surface area contributed by atoms with E-state index in [0.29, 0.717) is 17.8 Å². The highest BCUT2D eigenvalue weighted by Crippen LogP contribution is 2.35. The molecule has 0 aliphatic heterocycles. The van der Waals surface area contributed by atoms with E-state index < -0.39 is 6.10 Å². The van der Waals surface area contributed by atoms with Crippen molar-refractivity contribution in [1.82, 2.24) is 0 Å². The molecule has 0 spiro atoms. The molecule has 0 fully saturated rings. The minimum Gasteiger partial charge on any atom is -0.389 e. The van der Waals surface area contributed by atoms with E-state index in [1.165, 1.54) is 6.07 Å². The molecule has 0 aromatic heterocycles. The summed E-state index contributed by atoms with van der Waals surface area (Å²) in [4.78, 5) is 1.91. The molecule has 0 aliphatic carbocycles. The molecule has 0 saturated carbocycles. The summed E-state index contributed by atoms with van der Waals surface area (Å²) in [5.41, 5.74) is 3.10. The van der Waals surface area contributed by atoms with Crippen LogP contribution in [0.1, 0.15) is 31.1 Å². The monoisotopic (exact) mass is 273 g/mol. The third-order valence-corrected chi connectivity index (χ3v) is 3.46. The van der Waals surface area contributed by atoms with E-state index >= 15 is 0 Å². The number of aliphatic hydroxyl groups excluding tert-OH is 1. The Kier molecular flexibility index (Phi) is 4.40. The molecule has 106 valence electrons. The number of anilines is 2. The van der Waals surface area contributed by atoms with Crippen LogP contribution in [0.15, 0.2) is 42.5 Å². The molecular weight excluding hydrogens is 253 g/mol. The van der Waals surface area contributed by atoms with E-state index in [9.17, 15) is 9.50 Å². The quantitative estimate of drug-likeness (QED) is 0.895. The Morgan fingerprint density at radius 1 is 1.15 bits per heavy atom. The summed E-state index contributed by atoms with van der Waals surface area (Å²) in [6.07, 6.45) is -0.709. The van der Waals surface area contributed by atoms with Gasteiger partial charge in [0.05, 0.1) is 11.8 Å². The molecule has 0 heterocycles. The second-order valence-electron chi connectivity index (χ2n) is 4.88. The summed E-state index contributed by atoms with van der Waals surface area (Å²) in [5, 5.41) is 9.90. The van der Waals surface area contributed by atoms with Gasteiger partial charge in [-0.1, -0.05) is 30.3 Å². The Morgan fingerprint density at radius 2 is 1.85 bits per heavy atom. The SMILES string of the molecule is CCN(c1ccccc1C)c1c(F)cccc1[C@@H](C)O. The lowest BCUT2D eigenvalue weighted by atomic mass is 10.0. The fraction of sp³-hybridized carbons (Fsp3) is 0.294. The van der Waals surface area contributed by atoms with Crippen molar-refractivity contribution in [2.75, 3.05) is 11.4 Å². The van der Waals surface area contributed by atoms with E-state index in [1.54, 1.807) is 19.1 Å². The van der Waals surface area contributed by atoms with Crippen LogP contribution in [0, 0.1) is 12.7 Å². The zero-order valence-electron chi connectivity index (χ0n) is 12.1. The second-order valence-corrected chi connectivity index (χ2v) is 4.88. The third kappa shape index (κ3) is 2.68. The zero-order chi connectivity index (χ0) is 14.7. The number of halogens is 1. The van der Waals surface area contributed by atoms with Crippen LogP contribution in [0.25, 0.3) is 0 Å². The second kappa shape index (κ2) is 6.06. The molecular formula is C17H20FNO. The number of aryl methyl sites for hydroxylation is 1. The van der Waals surface area contributed by atoms with Crippen molar-refractivity contribution in [2.45, 2.75) is 26.9 Å². The number of aliphatic hydroxyl groups is 1. The Morgan fingerprint density at radius 3 is 2.45 bits per heavy atom. The molecule has 2 aromatic rings. The standard InChI is InChI=1S/C17H20FNO/c1-4-19(16-11-6-5-8-12(16)2)17-14(13(3)20)9-7-10-15(17)18/h5-11,13,20H,4H2,1-3H3/t13-/m1/s1. The van der Waals surface area contributed by atoms with Gasteiger partial charge in [0.15, 0.2) is 0 Å². The van der Waals surface area contributed by atoms with Crippen molar-refractivity contribution in [2.24, 2.45) is 0 Å². The van der Waals surface area contributed by atoms with Gasteiger partial charge in [0, 0.05) is 17.8 Å². The molecule has 3 heteroatoms. The lowest BCUT2D eigenvalue weighted by molar-refractivity contribution is 0.199. The number of benzene rings is 2. The van der Waals surface area contributed by atoms with Crippen molar-refractivity contribution in [3.8, 4) is 0 Å². The first-order chi connectivity index (χ1) is 9.56. The first kappa shape index (κ1) is 14.5. The van der Waals surface area contributed by atoms with Crippen LogP contribution in [0.4, 0.5) is 15.8 Å². The molecule has 0 bridgehead atoms. The first-order valence-electron chi connectivity index (χ1n) is 6.86. The molecule has 0 unspecified atom stereocenters. The average molecular weight is 273 g/mol. The van der Waals surface area contributed by atoms with Crippen LogP contribution < -0.4 is 4.90 Å². The molecule has 2 rings (SSSR count). The number of hydrogen-bond donors (Lipinski definition) is 1. The first-order valence-corrected chi connectivity index (χ1v) is 6.86. The summed E-state index contributed by atoms with van der Waals surface area (Å²) in [6, 6.07) is 12.7. The Hall–Kier alpha value is -1.87. The maximum absolute atomic E-state index is 14.3. The topological polar surface area (TPSA) is 23.5 Å². The van der Waals surface area contributed by atoms with Gasteiger partial charge in [0.1, 0.15) is 5.82 Å². The number of hydrogen-bond acceptors (Lipinski definition) is 2. The Balaban J connectivity index is 2.61. The summed E-state index contributed by atoms with van der Waals surface area (Å²) >= 11 is 0. The average Bonchev–Trinajstić information content (AvgIpc) is 2.43. The van der Waals surface area contributed by atoms with Crippen LogP contribution in [0.2, 0.25) is 0 Å². The summed E-state index contributed by atoms with van der Waals surface area (Å²) in [6.45, 7) is 6.26. The molecule has 1 N–H and O–H groups in total. The highest BCUT2D eigenvalue weighted by Gasteiger charge is 2.19. The van der Waals surface area contributed by atoms with Crippen molar-refractivity contribution < 1.29 is 9.50 Å². The number of rotatable bonds is 4. The van der Waals surface area contributed by atoms with Gasteiger partial charge in [0.2, 0.25) is 0 Å². The highest BCUT2D eigenvalue weighted by atomic mass is 19.1. The van der Waals surface area contributed by atoms with Crippen molar-refractivity contribution in [3.05, 3.63) is 59.4 Å². The maximum atomic E-state index is 14.3. The van der Waals surface area contributed by atoms with Crippen LogP contribution in [-0.4, -0.2) is 11.7 Å². The fourth-order valence-corrected chi connectivity index (χ4v) is 2.47. The van der Waals surface area contributed by atoms with Gasteiger partial charge in [-0.3, -0.25) is 0 Å². The summed E-state index contributed by atoms with van der Waals surface area (Å²) < 4.78 is 14.3. The predicted octanol–water partition coefficient (Wildman–Crippen LogP) is 4.35.